The Labute approximate surface area is 337 Å². The summed E-state index contributed by atoms with van der Waals surface area (Å²) in [6, 6.07) is 7.18. The summed E-state index contributed by atoms with van der Waals surface area (Å²) in [6.45, 7) is 5.03. The van der Waals surface area contributed by atoms with Gasteiger partial charge in [0.1, 0.15) is 23.1 Å². The third kappa shape index (κ3) is 8.78. The summed E-state index contributed by atoms with van der Waals surface area (Å²) in [5, 5.41) is 24.9. The van der Waals surface area contributed by atoms with Crippen LogP contribution in [-0.4, -0.2) is 85.6 Å². The van der Waals surface area contributed by atoms with Gasteiger partial charge in [0.05, 0.1) is 53.4 Å². The molecule has 21 heteroatoms. The SMILES string of the molecule is CC(C)(Cn1nc(C(F)(F)F)cc1-c1nsc(=O)[nH]1)NC(=O)CN1CCc2c(-c3nc4cnn(C5CCCCO5)c4cc3C#N)ccc(F)c2C1=O.Cc1cnn(C)c1. The zero-order valence-electron chi connectivity index (χ0n) is 32.3. The van der Waals surface area contributed by atoms with E-state index in [0.29, 0.717) is 40.3 Å². The number of carbonyl (C=O) groups excluding carboxylic acids is 2. The first kappa shape index (κ1) is 40.9. The number of pyridine rings is 1. The van der Waals surface area contributed by atoms with Gasteiger partial charge in [-0.15, -0.1) is 0 Å². The van der Waals surface area contributed by atoms with E-state index in [1.165, 1.54) is 16.5 Å². The number of hydrogen-bond acceptors (Lipinski definition) is 11. The normalized spacial score (nSPS) is 15.7. The summed E-state index contributed by atoms with van der Waals surface area (Å²) < 4.78 is 70.2. The second-order valence-corrected chi connectivity index (χ2v) is 15.6. The summed E-state index contributed by atoms with van der Waals surface area (Å²) in [5.41, 5.74) is 0.785. The van der Waals surface area contributed by atoms with Gasteiger partial charge in [0.15, 0.2) is 17.7 Å². The van der Waals surface area contributed by atoms with Gasteiger partial charge in [-0.2, -0.15) is 38.1 Å². The fourth-order valence-corrected chi connectivity index (χ4v) is 7.61. The summed E-state index contributed by atoms with van der Waals surface area (Å²) >= 11 is 0.534. The number of alkyl halides is 3. The van der Waals surface area contributed by atoms with E-state index in [-0.39, 0.29) is 54.1 Å². The number of halogens is 4. The summed E-state index contributed by atoms with van der Waals surface area (Å²) in [6.07, 6.45) is 3.16. The molecule has 0 saturated carbocycles. The fraction of sp³-hybridized carbons (Fsp3) is 0.395. The van der Waals surface area contributed by atoms with E-state index in [9.17, 15) is 32.8 Å². The van der Waals surface area contributed by atoms with Crippen LogP contribution in [0, 0.1) is 24.1 Å². The van der Waals surface area contributed by atoms with E-state index >= 15 is 4.39 Å². The minimum Gasteiger partial charge on any atom is -0.356 e. The summed E-state index contributed by atoms with van der Waals surface area (Å²) in [7, 11) is 1.91. The number of benzene rings is 1. The smallest absolute Gasteiger partial charge is 0.356 e. The third-order valence-corrected chi connectivity index (χ3v) is 10.3. The molecule has 8 rings (SSSR count). The van der Waals surface area contributed by atoms with Crippen LogP contribution in [-0.2, 0) is 35.7 Å². The highest BCUT2D eigenvalue weighted by Gasteiger charge is 2.37. The first-order valence-corrected chi connectivity index (χ1v) is 19.3. The predicted molar refractivity (Wildman–Crippen MR) is 205 cm³/mol. The van der Waals surface area contributed by atoms with Crippen LogP contribution in [0.2, 0.25) is 0 Å². The minimum absolute atomic E-state index is 0.0344. The Hall–Kier alpha value is -6.27. The molecule has 0 radical (unpaired) electrons. The average molecular weight is 835 g/mol. The second kappa shape index (κ2) is 16.2. The van der Waals surface area contributed by atoms with Crippen molar-refractivity contribution < 1.29 is 31.9 Å². The van der Waals surface area contributed by atoms with Crippen LogP contribution >= 0.6 is 11.5 Å². The van der Waals surface area contributed by atoms with Crippen LogP contribution in [0.3, 0.4) is 0 Å². The van der Waals surface area contributed by atoms with Crippen molar-refractivity contribution in [3.63, 3.8) is 0 Å². The quantitative estimate of drug-likeness (QED) is 0.194. The molecule has 0 bridgehead atoms. The molecule has 7 heterocycles. The number of aromatic amines is 1. The van der Waals surface area contributed by atoms with Crippen LogP contribution in [0.15, 0.2) is 47.7 Å². The zero-order valence-corrected chi connectivity index (χ0v) is 33.1. The van der Waals surface area contributed by atoms with E-state index in [1.54, 1.807) is 35.5 Å². The van der Waals surface area contributed by atoms with Crippen molar-refractivity contribution in [2.75, 3.05) is 19.7 Å². The Kier molecular flexibility index (Phi) is 11.2. The van der Waals surface area contributed by atoms with Crippen molar-refractivity contribution in [1.82, 2.24) is 53.9 Å². The van der Waals surface area contributed by atoms with Gasteiger partial charge in [0.25, 0.3) is 5.91 Å². The number of aryl methyl sites for hydroxylation is 2. The van der Waals surface area contributed by atoms with Crippen molar-refractivity contribution in [3.05, 3.63) is 86.3 Å². The number of nitriles is 1. The van der Waals surface area contributed by atoms with Crippen molar-refractivity contribution in [3.8, 4) is 28.8 Å². The molecule has 5 aromatic heterocycles. The Balaban J connectivity index is 0.000000684. The lowest BCUT2D eigenvalue weighted by molar-refractivity contribution is -0.141. The maximum atomic E-state index is 15.4. The number of fused-ring (bicyclic) bond motifs is 2. The van der Waals surface area contributed by atoms with Crippen LogP contribution < -0.4 is 10.2 Å². The van der Waals surface area contributed by atoms with Gasteiger partial charge in [-0.3, -0.25) is 28.7 Å². The lowest BCUT2D eigenvalue weighted by atomic mass is 9.90. The molecule has 308 valence electrons. The Morgan fingerprint density at radius 1 is 1.15 bits per heavy atom. The van der Waals surface area contributed by atoms with Crippen molar-refractivity contribution in [1.29, 1.82) is 5.26 Å². The Morgan fingerprint density at radius 2 is 1.95 bits per heavy atom. The molecule has 1 aromatic carbocycles. The fourth-order valence-electron chi connectivity index (χ4n) is 7.15. The Bertz CT molecular complexity index is 2630. The van der Waals surface area contributed by atoms with Crippen molar-refractivity contribution in [2.24, 2.45) is 7.05 Å². The van der Waals surface area contributed by atoms with Crippen LogP contribution in [0.5, 0.6) is 0 Å². The van der Waals surface area contributed by atoms with Gasteiger partial charge in [-0.1, -0.05) is 0 Å². The number of carbonyl (C=O) groups is 2. The maximum absolute atomic E-state index is 15.4. The summed E-state index contributed by atoms with van der Waals surface area (Å²) in [4.78, 5) is 46.3. The van der Waals surface area contributed by atoms with Crippen LogP contribution in [0.25, 0.3) is 33.8 Å². The first-order valence-electron chi connectivity index (χ1n) is 18.5. The van der Waals surface area contributed by atoms with Gasteiger partial charge < -0.3 is 15.0 Å². The largest absolute Gasteiger partial charge is 0.435 e. The number of amides is 2. The molecule has 0 spiro atoms. The van der Waals surface area contributed by atoms with Gasteiger partial charge in [-0.25, -0.2) is 14.1 Å². The van der Waals surface area contributed by atoms with E-state index in [1.807, 2.05) is 26.4 Å². The lowest BCUT2D eigenvalue weighted by Gasteiger charge is -2.32. The highest BCUT2D eigenvalue weighted by atomic mass is 32.1. The minimum atomic E-state index is -4.78. The molecule has 0 aliphatic carbocycles. The molecule has 1 unspecified atom stereocenters. The second-order valence-electron chi connectivity index (χ2n) is 14.9. The highest BCUT2D eigenvalue weighted by molar-refractivity contribution is 7.03. The lowest BCUT2D eigenvalue weighted by Crippen LogP contribution is -2.52. The average Bonchev–Trinajstić information content (AvgIpc) is 3.99. The molecule has 1 atom stereocenters. The van der Waals surface area contributed by atoms with E-state index < -0.39 is 46.5 Å². The Morgan fingerprint density at radius 3 is 2.58 bits per heavy atom. The van der Waals surface area contributed by atoms with Crippen LogP contribution in [0.4, 0.5) is 17.6 Å². The molecule has 6 aromatic rings. The van der Waals surface area contributed by atoms with Gasteiger partial charge in [0, 0.05) is 43.5 Å². The molecule has 2 aliphatic heterocycles. The topological polar surface area (TPSA) is 195 Å². The number of aromatic nitrogens is 9. The van der Waals surface area contributed by atoms with E-state index in [4.69, 9.17) is 9.72 Å². The third-order valence-electron chi connectivity index (χ3n) is 9.73. The number of nitrogens with one attached hydrogen (secondary N) is 2. The summed E-state index contributed by atoms with van der Waals surface area (Å²) in [5.74, 6) is -2.31. The molecular weight excluding hydrogens is 797 g/mol. The zero-order chi connectivity index (χ0) is 42.2. The molecular formula is C38H38F4N12O4S. The molecule has 2 N–H and O–H groups in total. The number of hydrogen-bond donors (Lipinski definition) is 2. The van der Waals surface area contributed by atoms with E-state index in [2.05, 4.69) is 36.0 Å². The number of ether oxygens (including phenoxy) is 1. The first-order chi connectivity index (χ1) is 28.0. The van der Waals surface area contributed by atoms with Crippen molar-refractivity contribution >= 4 is 34.4 Å². The standard InChI is InChI=1S/C33H30F4N10O4S.C5H8N2/c1-32(2,16-46-23(29-41-31(50)52-44-29)12-24(43-46)33(35,36)37)42-25(48)15-45-9-8-18-19(6-7-20(34)27(18)30(45)49)28-17(13-38)11-22-21(40-28)14-39-47(22)26-5-3-4-10-51-26;1-5-3-6-7(2)4-5/h6-7,11-12,14,26H,3-5,8-10,15-16H2,1-2H3,(H,42,48)(H,41,44,50);3-4H,1-2H3. The highest BCUT2D eigenvalue weighted by Crippen LogP contribution is 2.36. The molecule has 16 nitrogen and oxygen atoms in total. The molecule has 1 saturated heterocycles. The molecule has 2 amide bonds. The van der Waals surface area contributed by atoms with Gasteiger partial charge in [0.2, 0.25) is 5.91 Å². The monoisotopic (exact) mass is 834 g/mol. The maximum Gasteiger partial charge on any atom is 0.435 e. The van der Waals surface area contributed by atoms with E-state index in [0.717, 1.165) is 36.1 Å². The molecule has 59 heavy (non-hydrogen) atoms. The van der Waals surface area contributed by atoms with Crippen LogP contribution in [0.1, 0.15) is 72.1 Å². The molecule has 1 fully saturated rings. The number of nitrogens with zero attached hydrogens (tertiary/aromatic N) is 10. The molecule has 2 aliphatic rings. The number of H-pyrrole nitrogens is 1. The van der Waals surface area contributed by atoms with Crippen molar-refractivity contribution in [2.45, 2.75) is 70.9 Å². The predicted octanol–water partition coefficient (Wildman–Crippen LogP) is 5.16. The van der Waals surface area contributed by atoms with Gasteiger partial charge >= 0.3 is 11.0 Å². The number of rotatable bonds is 8. The van der Waals surface area contributed by atoms with Gasteiger partial charge in [-0.05, 0) is 81.8 Å².